The van der Waals surface area contributed by atoms with Crippen LogP contribution in [0.3, 0.4) is 0 Å². The molecule has 0 unspecified atom stereocenters. The molecule has 0 aliphatic rings. The van der Waals surface area contributed by atoms with E-state index in [9.17, 15) is 4.79 Å². The molecule has 3 rings (SSSR count). The van der Waals surface area contributed by atoms with Crippen molar-refractivity contribution in [3.63, 3.8) is 0 Å². The van der Waals surface area contributed by atoms with Gasteiger partial charge in [-0.05, 0) is 60.9 Å². The van der Waals surface area contributed by atoms with Crippen LogP contribution >= 0.6 is 0 Å². The van der Waals surface area contributed by atoms with E-state index in [2.05, 4.69) is 11.4 Å². The zero-order valence-corrected chi connectivity index (χ0v) is 16.5. The number of amides is 1. The normalized spacial score (nSPS) is 10.5. The van der Waals surface area contributed by atoms with Crippen molar-refractivity contribution in [2.24, 2.45) is 0 Å². The fraction of sp³-hybridized carbons (Fsp3) is 0.208. The van der Waals surface area contributed by atoms with Crippen LogP contribution in [0.4, 0.5) is 5.69 Å². The molecule has 4 nitrogen and oxygen atoms in total. The van der Waals surface area contributed by atoms with Crippen molar-refractivity contribution in [1.82, 2.24) is 0 Å². The third kappa shape index (κ3) is 5.21. The van der Waals surface area contributed by atoms with Gasteiger partial charge in [0.15, 0.2) is 0 Å². The maximum atomic E-state index is 12.7. The third-order valence-electron chi connectivity index (χ3n) is 4.39. The summed E-state index contributed by atoms with van der Waals surface area (Å²) in [5.41, 5.74) is 5.52. The first-order valence-corrected chi connectivity index (χ1v) is 9.23. The number of hydrogen-bond acceptors (Lipinski definition) is 3. The number of benzene rings is 3. The molecule has 1 amide bonds. The van der Waals surface area contributed by atoms with Gasteiger partial charge in [-0.1, -0.05) is 36.4 Å². The van der Waals surface area contributed by atoms with E-state index >= 15 is 0 Å². The molecule has 3 aromatic carbocycles. The number of rotatable bonds is 7. The van der Waals surface area contributed by atoms with Crippen molar-refractivity contribution in [1.29, 1.82) is 0 Å². The fourth-order valence-corrected chi connectivity index (χ4v) is 3.14. The van der Waals surface area contributed by atoms with Gasteiger partial charge in [0, 0.05) is 16.8 Å². The average Bonchev–Trinajstić information content (AvgIpc) is 2.68. The molecule has 144 valence electrons. The van der Waals surface area contributed by atoms with Gasteiger partial charge in [-0.25, -0.2) is 0 Å². The Bertz CT molecular complexity index is 931. The molecule has 0 bridgehead atoms. The molecule has 0 spiro atoms. The number of aryl methyl sites for hydroxylation is 2. The van der Waals surface area contributed by atoms with E-state index in [1.54, 1.807) is 19.2 Å². The summed E-state index contributed by atoms with van der Waals surface area (Å²) in [4.78, 5) is 12.7. The highest BCUT2D eigenvalue weighted by Crippen LogP contribution is 2.22. The summed E-state index contributed by atoms with van der Waals surface area (Å²) in [5.74, 6) is 0.549. The Morgan fingerprint density at radius 2 is 1.61 bits per heavy atom. The maximum absolute atomic E-state index is 12.7. The molecule has 0 fully saturated rings. The van der Waals surface area contributed by atoms with Gasteiger partial charge in [0.05, 0.1) is 20.3 Å². The molecular formula is C24H25NO3. The zero-order chi connectivity index (χ0) is 19.9. The number of nitrogens with one attached hydrogen (secondary N) is 1. The van der Waals surface area contributed by atoms with Gasteiger partial charge in [-0.3, -0.25) is 4.79 Å². The Labute approximate surface area is 166 Å². The highest BCUT2D eigenvalue weighted by molar-refractivity contribution is 6.04. The molecule has 0 aromatic heterocycles. The van der Waals surface area contributed by atoms with Gasteiger partial charge >= 0.3 is 0 Å². The van der Waals surface area contributed by atoms with Crippen molar-refractivity contribution < 1.29 is 14.3 Å². The van der Waals surface area contributed by atoms with Gasteiger partial charge in [0.1, 0.15) is 5.75 Å². The number of hydrogen-bond donors (Lipinski definition) is 1. The molecule has 0 aliphatic carbocycles. The second-order valence-electron chi connectivity index (χ2n) is 6.84. The molecule has 0 aliphatic heterocycles. The molecule has 1 N–H and O–H groups in total. The van der Waals surface area contributed by atoms with Crippen LogP contribution in [0.25, 0.3) is 0 Å². The second kappa shape index (κ2) is 9.20. The van der Waals surface area contributed by atoms with E-state index in [4.69, 9.17) is 9.47 Å². The van der Waals surface area contributed by atoms with Crippen molar-refractivity contribution in [2.45, 2.75) is 27.1 Å². The fourth-order valence-electron chi connectivity index (χ4n) is 3.14. The lowest BCUT2D eigenvalue weighted by Gasteiger charge is -2.12. The third-order valence-corrected chi connectivity index (χ3v) is 4.39. The van der Waals surface area contributed by atoms with Crippen LogP contribution in [-0.4, -0.2) is 13.0 Å². The van der Waals surface area contributed by atoms with E-state index in [0.717, 1.165) is 27.9 Å². The van der Waals surface area contributed by atoms with E-state index in [1.165, 1.54) is 0 Å². The minimum Gasteiger partial charge on any atom is -0.496 e. The summed E-state index contributed by atoms with van der Waals surface area (Å²) in [5, 5.41) is 2.97. The molecule has 4 heteroatoms. The Hall–Kier alpha value is -3.11. The van der Waals surface area contributed by atoms with Gasteiger partial charge in [-0.15, -0.1) is 0 Å². The van der Waals surface area contributed by atoms with Crippen LogP contribution < -0.4 is 10.1 Å². The standard InChI is InChI=1S/C24H25NO3/c1-17-11-18(2)13-22(12-17)25-24(26)20-9-10-23(27-3)21(14-20)16-28-15-19-7-5-4-6-8-19/h4-14H,15-16H2,1-3H3,(H,25,26). The molecule has 0 saturated heterocycles. The first kappa shape index (κ1) is 19.6. The lowest BCUT2D eigenvalue weighted by Crippen LogP contribution is -2.13. The summed E-state index contributed by atoms with van der Waals surface area (Å²) >= 11 is 0. The van der Waals surface area contributed by atoms with E-state index in [0.29, 0.717) is 24.5 Å². The highest BCUT2D eigenvalue weighted by atomic mass is 16.5. The SMILES string of the molecule is COc1ccc(C(=O)Nc2cc(C)cc(C)c2)cc1COCc1ccccc1. The molecular weight excluding hydrogens is 350 g/mol. The molecule has 0 atom stereocenters. The van der Waals surface area contributed by atoms with Crippen LogP contribution in [0.5, 0.6) is 5.75 Å². The highest BCUT2D eigenvalue weighted by Gasteiger charge is 2.11. The van der Waals surface area contributed by atoms with Crippen molar-refractivity contribution >= 4 is 11.6 Å². The topological polar surface area (TPSA) is 47.6 Å². The summed E-state index contributed by atoms with van der Waals surface area (Å²) in [7, 11) is 1.62. The van der Waals surface area contributed by atoms with Crippen molar-refractivity contribution in [2.75, 3.05) is 12.4 Å². The van der Waals surface area contributed by atoms with Gasteiger partial charge < -0.3 is 14.8 Å². The van der Waals surface area contributed by atoms with Gasteiger partial charge in [0.25, 0.3) is 5.91 Å². The number of anilines is 1. The number of ether oxygens (including phenoxy) is 2. The summed E-state index contributed by atoms with van der Waals surface area (Å²) in [6.45, 7) is 4.89. The Morgan fingerprint density at radius 1 is 0.893 bits per heavy atom. The molecule has 3 aromatic rings. The summed E-state index contributed by atoms with van der Waals surface area (Å²) < 4.78 is 11.2. The van der Waals surface area contributed by atoms with Crippen LogP contribution in [0.2, 0.25) is 0 Å². The monoisotopic (exact) mass is 375 g/mol. The van der Waals surface area contributed by atoms with Crippen LogP contribution in [0.1, 0.15) is 32.6 Å². The predicted octanol–water partition coefficient (Wildman–Crippen LogP) is 5.28. The lowest BCUT2D eigenvalue weighted by molar-refractivity contribution is 0.102. The summed E-state index contributed by atoms with van der Waals surface area (Å²) in [6.07, 6.45) is 0. The minimum absolute atomic E-state index is 0.156. The smallest absolute Gasteiger partial charge is 0.255 e. The Morgan fingerprint density at radius 3 is 2.29 bits per heavy atom. The number of carbonyl (C=O) groups is 1. The zero-order valence-electron chi connectivity index (χ0n) is 16.5. The number of methoxy groups -OCH3 is 1. The lowest BCUT2D eigenvalue weighted by atomic mass is 10.1. The van der Waals surface area contributed by atoms with Crippen molar-refractivity contribution in [3.05, 3.63) is 94.5 Å². The molecule has 0 heterocycles. The van der Waals surface area contributed by atoms with E-state index in [-0.39, 0.29) is 5.91 Å². The van der Waals surface area contributed by atoms with Gasteiger partial charge in [-0.2, -0.15) is 0 Å². The van der Waals surface area contributed by atoms with E-state index < -0.39 is 0 Å². The number of carbonyl (C=O) groups excluding carboxylic acids is 1. The van der Waals surface area contributed by atoms with Crippen molar-refractivity contribution in [3.8, 4) is 5.75 Å². The first-order valence-electron chi connectivity index (χ1n) is 9.23. The van der Waals surface area contributed by atoms with Crippen LogP contribution in [0, 0.1) is 13.8 Å². The Balaban J connectivity index is 1.71. The molecule has 0 saturated carbocycles. The first-order chi connectivity index (χ1) is 13.5. The molecule has 0 radical (unpaired) electrons. The predicted molar refractivity (Wildman–Crippen MR) is 112 cm³/mol. The van der Waals surface area contributed by atoms with Gasteiger partial charge in [0.2, 0.25) is 0 Å². The van der Waals surface area contributed by atoms with Crippen LogP contribution in [-0.2, 0) is 18.0 Å². The average molecular weight is 375 g/mol. The minimum atomic E-state index is -0.156. The summed E-state index contributed by atoms with van der Waals surface area (Å²) in [6, 6.07) is 21.4. The quantitative estimate of drug-likeness (QED) is 0.611. The van der Waals surface area contributed by atoms with E-state index in [1.807, 2.05) is 62.4 Å². The maximum Gasteiger partial charge on any atom is 0.255 e. The largest absolute Gasteiger partial charge is 0.496 e. The second-order valence-corrected chi connectivity index (χ2v) is 6.84. The molecule has 28 heavy (non-hydrogen) atoms. The Kier molecular flexibility index (Phi) is 6.45. The van der Waals surface area contributed by atoms with Crippen LogP contribution in [0.15, 0.2) is 66.7 Å².